The molecule has 0 unspecified atom stereocenters. The summed E-state index contributed by atoms with van der Waals surface area (Å²) in [6.07, 6.45) is 5.27. The number of fused-ring (bicyclic) bond motifs is 1. The van der Waals surface area contributed by atoms with Gasteiger partial charge in [0.2, 0.25) is 0 Å². The van der Waals surface area contributed by atoms with Gasteiger partial charge in [0, 0.05) is 24.0 Å². The first kappa shape index (κ1) is 16.1. The van der Waals surface area contributed by atoms with Gasteiger partial charge in [-0.2, -0.15) is 0 Å². The van der Waals surface area contributed by atoms with Crippen molar-refractivity contribution < 1.29 is 9.47 Å². The molecular weight excluding hydrogens is 328 g/mol. The molecule has 0 fully saturated rings. The summed E-state index contributed by atoms with van der Waals surface area (Å²) in [5, 5.41) is 3.39. The van der Waals surface area contributed by atoms with Crippen molar-refractivity contribution in [3.63, 3.8) is 0 Å². The van der Waals surface area contributed by atoms with Crippen LogP contribution in [0.5, 0.6) is 11.5 Å². The van der Waals surface area contributed by atoms with Crippen molar-refractivity contribution in [1.82, 2.24) is 9.97 Å². The molecule has 0 saturated heterocycles. The Balaban J connectivity index is 1.47. The van der Waals surface area contributed by atoms with Crippen LogP contribution in [0.4, 0.5) is 11.4 Å². The zero-order valence-electron chi connectivity index (χ0n) is 14.3. The van der Waals surface area contributed by atoms with Crippen molar-refractivity contribution in [2.75, 3.05) is 19.0 Å². The van der Waals surface area contributed by atoms with E-state index in [-0.39, 0.29) is 0 Å². The summed E-state index contributed by atoms with van der Waals surface area (Å²) < 4.78 is 10.9. The van der Waals surface area contributed by atoms with Gasteiger partial charge in [-0.3, -0.25) is 9.97 Å². The highest BCUT2D eigenvalue weighted by Gasteiger charge is 2.14. The Morgan fingerprint density at radius 2 is 2.00 bits per heavy atom. The van der Waals surface area contributed by atoms with E-state index >= 15 is 0 Å². The molecule has 0 radical (unpaired) electrons. The number of hydrogen-bond acceptors (Lipinski definition) is 6. The van der Waals surface area contributed by atoms with Gasteiger partial charge < -0.3 is 14.8 Å². The molecule has 2 aromatic heterocycles. The van der Waals surface area contributed by atoms with Crippen LogP contribution < -0.4 is 14.8 Å². The third-order valence-electron chi connectivity index (χ3n) is 4.08. The summed E-state index contributed by atoms with van der Waals surface area (Å²) in [4.78, 5) is 13.2. The van der Waals surface area contributed by atoms with Crippen molar-refractivity contribution in [1.29, 1.82) is 0 Å². The highest BCUT2D eigenvalue weighted by molar-refractivity contribution is 6.07. The maximum atomic E-state index is 5.84. The Morgan fingerprint density at radius 3 is 2.77 bits per heavy atom. The van der Waals surface area contributed by atoms with E-state index in [9.17, 15) is 0 Å². The van der Waals surface area contributed by atoms with E-state index in [4.69, 9.17) is 14.5 Å². The van der Waals surface area contributed by atoms with E-state index < -0.39 is 0 Å². The quantitative estimate of drug-likeness (QED) is 0.764. The summed E-state index contributed by atoms with van der Waals surface area (Å²) in [5.74, 6) is 1.50. The Labute approximate surface area is 151 Å². The SMILES string of the molecule is COc1ccc(COc2ccc3c(c2)NCC(c2cccnc2)=N3)nc1. The number of nitrogens with zero attached hydrogens (tertiary/aromatic N) is 3. The Morgan fingerprint density at radius 1 is 1.08 bits per heavy atom. The van der Waals surface area contributed by atoms with Crippen molar-refractivity contribution in [3.05, 3.63) is 72.3 Å². The van der Waals surface area contributed by atoms with Crippen LogP contribution in [0.3, 0.4) is 0 Å². The minimum absolute atomic E-state index is 0.396. The number of methoxy groups -OCH3 is 1. The normalized spacial score (nSPS) is 12.6. The minimum Gasteiger partial charge on any atom is -0.495 e. The van der Waals surface area contributed by atoms with E-state index in [2.05, 4.69) is 15.3 Å². The number of nitrogens with one attached hydrogen (secondary N) is 1. The standard InChI is InChI=1S/C20H18N4O2/c1-25-17-5-4-15(22-11-17)13-26-16-6-7-18-19(9-16)23-12-20(24-18)14-3-2-8-21-10-14/h2-11,23H,12-13H2,1H3. The molecule has 0 bridgehead atoms. The molecule has 3 aromatic rings. The number of pyridine rings is 2. The first-order valence-corrected chi connectivity index (χ1v) is 8.29. The predicted molar refractivity (Wildman–Crippen MR) is 100 cm³/mol. The Bertz CT molecular complexity index is 924. The summed E-state index contributed by atoms with van der Waals surface area (Å²) in [7, 11) is 1.62. The zero-order valence-corrected chi connectivity index (χ0v) is 14.3. The van der Waals surface area contributed by atoms with Crippen LogP contribution in [-0.2, 0) is 6.61 Å². The maximum absolute atomic E-state index is 5.84. The van der Waals surface area contributed by atoms with Crippen molar-refractivity contribution in [2.45, 2.75) is 6.61 Å². The molecule has 26 heavy (non-hydrogen) atoms. The number of rotatable bonds is 5. The smallest absolute Gasteiger partial charge is 0.137 e. The van der Waals surface area contributed by atoms with Crippen LogP contribution in [-0.4, -0.2) is 29.3 Å². The average Bonchev–Trinajstić information content (AvgIpc) is 2.72. The highest BCUT2D eigenvalue weighted by atomic mass is 16.5. The van der Waals surface area contributed by atoms with E-state index in [0.29, 0.717) is 13.2 Å². The molecule has 0 saturated carbocycles. The highest BCUT2D eigenvalue weighted by Crippen LogP contribution is 2.32. The van der Waals surface area contributed by atoms with Crippen LogP contribution in [0.15, 0.2) is 66.0 Å². The monoisotopic (exact) mass is 346 g/mol. The fourth-order valence-electron chi connectivity index (χ4n) is 2.68. The van der Waals surface area contributed by atoms with Crippen LogP contribution in [0, 0.1) is 0 Å². The topological polar surface area (TPSA) is 68.6 Å². The first-order chi connectivity index (χ1) is 12.8. The second-order valence-corrected chi connectivity index (χ2v) is 5.81. The molecule has 1 aliphatic heterocycles. The van der Waals surface area contributed by atoms with Crippen molar-refractivity contribution in [3.8, 4) is 11.5 Å². The fraction of sp³-hybridized carbons (Fsp3) is 0.150. The lowest BCUT2D eigenvalue weighted by Crippen LogP contribution is -2.18. The number of aromatic nitrogens is 2. The molecule has 0 aliphatic carbocycles. The lowest BCUT2D eigenvalue weighted by atomic mass is 10.1. The summed E-state index contributed by atoms with van der Waals surface area (Å²) in [6, 6.07) is 13.5. The molecular formula is C20H18N4O2. The largest absolute Gasteiger partial charge is 0.495 e. The molecule has 6 heteroatoms. The molecule has 130 valence electrons. The molecule has 3 heterocycles. The molecule has 0 amide bonds. The molecule has 0 atom stereocenters. The summed E-state index contributed by atoms with van der Waals surface area (Å²) in [5.41, 5.74) is 4.69. The fourth-order valence-corrected chi connectivity index (χ4v) is 2.68. The second-order valence-electron chi connectivity index (χ2n) is 5.81. The van der Waals surface area contributed by atoms with Gasteiger partial charge in [-0.15, -0.1) is 0 Å². The maximum Gasteiger partial charge on any atom is 0.137 e. The van der Waals surface area contributed by atoms with E-state index in [1.54, 1.807) is 19.5 Å². The number of hydrogen-bond donors (Lipinski definition) is 1. The second kappa shape index (κ2) is 7.23. The van der Waals surface area contributed by atoms with Gasteiger partial charge in [0.1, 0.15) is 18.1 Å². The van der Waals surface area contributed by atoms with Gasteiger partial charge >= 0.3 is 0 Å². The molecule has 1 N–H and O–H groups in total. The Hall–Kier alpha value is -3.41. The van der Waals surface area contributed by atoms with Gasteiger partial charge in [-0.1, -0.05) is 6.07 Å². The number of ether oxygens (including phenoxy) is 2. The lowest BCUT2D eigenvalue weighted by molar-refractivity contribution is 0.301. The average molecular weight is 346 g/mol. The molecule has 1 aliphatic rings. The van der Waals surface area contributed by atoms with E-state index in [0.717, 1.165) is 39.8 Å². The first-order valence-electron chi connectivity index (χ1n) is 8.29. The van der Waals surface area contributed by atoms with Crippen LogP contribution >= 0.6 is 0 Å². The molecule has 6 nitrogen and oxygen atoms in total. The van der Waals surface area contributed by atoms with Crippen molar-refractivity contribution in [2.24, 2.45) is 4.99 Å². The number of benzene rings is 1. The summed E-state index contributed by atoms with van der Waals surface area (Å²) in [6.45, 7) is 1.05. The van der Waals surface area contributed by atoms with Gasteiger partial charge in [0.25, 0.3) is 0 Å². The third-order valence-corrected chi connectivity index (χ3v) is 4.08. The van der Waals surface area contributed by atoms with E-state index in [1.165, 1.54) is 0 Å². The van der Waals surface area contributed by atoms with Gasteiger partial charge in [0.15, 0.2) is 0 Å². The zero-order chi connectivity index (χ0) is 17.8. The van der Waals surface area contributed by atoms with E-state index in [1.807, 2.05) is 48.7 Å². The summed E-state index contributed by atoms with van der Waals surface area (Å²) >= 11 is 0. The van der Waals surface area contributed by atoms with Gasteiger partial charge in [-0.25, -0.2) is 4.99 Å². The van der Waals surface area contributed by atoms with Gasteiger partial charge in [-0.05, 0) is 30.3 Å². The lowest BCUT2D eigenvalue weighted by Gasteiger charge is -2.18. The van der Waals surface area contributed by atoms with Gasteiger partial charge in [0.05, 0.1) is 42.6 Å². The number of anilines is 1. The van der Waals surface area contributed by atoms with Crippen LogP contribution in [0.1, 0.15) is 11.3 Å². The molecule has 0 spiro atoms. The Kier molecular flexibility index (Phi) is 4.47. The van der Waals surface area contributed by atoms with Crippen molar-refractivity contribution >= 4 is 17.1 Å². The van der Waals surface area contributed by atoms with Crippen LogP contribution in [0.2, 0.25) is 0 Å². The van der Waals surface area contributed by atoms with Crippen LogP contribution in [0.25, 0.3) is 0 Å². The predicted octanol–water partition coefficient (Wildman–Crippen LogP) is 3.61. The number of aliphatic imine (C=N–C) groups is 1. The molecule has 4 rings (SSSR count). The minimum atomic E-state index is 0.396. The third kappa shape index (κ3) is 3.49. The molecule has 1 aromatic carbocycles.